The Morgan fingerprint density at radius 2 is 1.67 bits per heavy atom. The van der Waals surface area contributed by atoms with Crippen LogP contribution in [-0.2, 0) is 11.2 Å². The van der Waals surface area contributed by atoms with Crippen LogP contribution in [0.3, 0.4) is 0 Å². The van der Waals surface area contributed by atoms with Crippen LogP contribution in [0.4, 0.5) is 11.4 Å². The lowest BCUT2D eigenvalue weighted by atomic mass is 10.1. The molecule has 0 saturated heterocycles. The number of amides is 2. The number of carbonyl (C=O) groups excluding carboxylic acids is 2. The fourth-order valence-electron chi connectivity index (χ4n) is 1.98. The van der Waals surface area contributed by atoms with Crippen LogP contribution < -0.4 is 10.6 Å². The Hall–Kier alpha value is -2.62. The fourth-order valence-corrected chi connectivity index (χ4v) is 1.98. The summed E-state index contributed by atoms with van der Waals surface area (Å²) in [4.78, 5) is 23.1. The quantitative estimate of drug-likeness (QED) is 0.902. The predicted octanol–water partition coefficient (Wildman–Crippen LogP) is 3.46. The van der Waals surface area contributed by atoms with Gasteiger partial charge in [-0.25, -0.2) is 0 Å². The summed E-state index contributed by atoms with van der Waals surface area (Å²) in [6.07, 6.45) is 0.926. The van der Waals surface area contributed by atoms with Crippen LogP contribution in [-0.4, -0.2) is 11.8 Å². The highest BCUT2D eigenvalue weighted by Crippen LogP contribution is 2.14. The Kier molecular flexibility index (Phi) is 4.72. The zero-order valence-electron chi connectivity index (χ0n) is 12.1. The van der Waals surface area contributed by atoms with Crippen molar-refractivity contribution < 1.29 is 9.59 Å². The average molecular weight is 282 g/mol. The molecule has 2 N–H and O–H groups in total. The highest BCUT2D eigenvalue weighted by atomic mass is 16.2. The minimum atomic E-state index is -0.169. The van der Waals surface area contributed by atoms with E-state index < -0.39 is 0 Å². The second-order valence-corrected chi connectivity index (χ2v) is 4.77. The maximum atomic E-state index is 12.1. The molecule has 0 aliphatic rings. The first-order chi connectivity index (χ1) is 10.1. The second kappa shape index (κ2) is 6.70. The molecule has 0 radical (unpaired) electrons. The molecule has 0 aliphatic heterocycles. The molecule has 0 atom stereocenters. The topological polar surface area (TPSA) is 58.2 Å². The Bertz CT molecular complexity index is 648. The van der Waals surface area contributed by atoms with Crippen molar-refractivity contribution in [3.63, 3.8) is 0 Å². The summed E-state index contributed by atoms with van der Waals surface area (Å²) in [5.41, 5.74) is 3.18. The van der Waals surface area contributed by atoms with Crippen LogP contribution >= 0.6 is 0 Å². The number of nitrogens with one attached hydrogen (secondary N) is 2. The number of benzene rings is 2. The summed E-state index contributed by atoms with van der Waals surface area (Å²) in [5, 5.41) is 5.53. The molecule has 0 aliphatic carbocycles. The summed E-state index contributed by atoms with van der Waals surface area (Å²) < 4.78 is 0. The number of anilines is 2. The third-order valence-electron chi connectivity index (χ3n) is 3.06. The standard InChI is InChI=1S/C17H18N2O2/c1-3-13-5-4-6-16(11-13)19-17(21)14-7-9-15(10-8-14)18-12(2)20/h4-11H,3H2,1-2H3,(H,18,20)(H,19,21). The molecule has 0 spiro atoms. The molecule has 2 aromatic carbocycles. The van der Waals surface area contributed by atoms with Crippen molar-refractivity contribution >= 4 is 23.2 Å². The van der Waals surface area contributed by atoms with Gasteiger partial charge in [-0.15, -0.1) is 0 Å². The van der Waals surface area contributed by atoms with Gasteiger partial charge in [-0.05, 0) is 48.4 Å². The number of carbonyl (C=O) groups is 2. The summed E-state index contributed by atoms with van der Waals surface area (Å²) in [6, 6.07) is 14.6. The molecule has 0 saturated carbocycles. The Morgan fingerprint density at radius 3 is 2.29 bits per heavy atom. The Balaban J connectivity index is 2.07. The lowest BCUT2D eigenvalue weighted by Gasteiger charge is -2.08. The molecule has 108 valence electrons. The van der Waals surface area contributed by atoms with E-state index in [1.165, 1.54) is 12.5 Å². The minimum absolute atomic E-state index is 0.136. The molecule has 0 aromatic heterocycles. The van der Waals surface area contributed by atoms with Crippen molar-refractivity contribution in [2.75, 3.05) is 10.6 Å². The van der Waals surface area contributed by atoms with Crippen molar-refractivity contribution in [2.24, 2.45) is 0 Å². The number of rotatable bonds is 4. The first-order valence-corrected chi connectivity index (χ1v) is 6.86. The van der Waals surface area contributed by atoms with Crippen LogP contribution in [0.2, 0.25) is 0 Å². The molecular weight excluding hydrogens is 264 g/mol. The van der Waals surface area contributed by atoms with E-state index >= 15 is 0 Å². The monoisotopic (exact) mass is 282 g/mol. The highest BCUT2D eigenvalue weighted by molar-refractivity contribution is 6.04. The first kappa shape index (κ1) is 14.8. The smallest absolute Gasteiger partial charge is 0.255 e. The zero-order chi connectivity index (χ0) is 15.2. The first-order valence-electron chi connectivity index (χ1n) is 6.86. The van der Waals surface area contributed by atoms with Crippen molar-refractivity contribution in [2.45, 2.75) is 20.3 Å². The van der Waals surface area contributed by atoms with Gasteiger partial charge in [-0.2, -0.15) is 0 Å². The van der Waals surface area contributed by atoms with Crippen LogP contribution in [0.15, 0.2) is 48.5 Å². The molecular formula is C17H18N2O2. The average Bonchev–Trinajstić information content (AvgIpc) is 2.47. The summed E-state index contributed by atoms with van der Waals surface area (Å²) in [7, 11) is 0. The van der Waals surface area contributed by atoms with E-state index in [9.17, 15) is 9.59 Å². The molecule has 0 unspecified atom stereocenters. The van der Waals surface area contributed by atoms with Gasteiger partial charge >= 0.3 is 0 Å². The SMILES string of the molecule is CCc1cccc(NC(=O)c2ccc(NC(C)=O)cc2)c1. The maximum absolute atomic E-state index is 12.1. The molecule has 2 rings (SSSR count). The lowest BCUT2D eigenvalue weighted by Crippen LogP contribution is -2.12. The van der Waals surface area contributed by atoms with E-state index in [0.29, 0.717) is 11.3 Å². The maximum Gasteiger partial charge on any atom is 0.255 e. The molecule has 2 amide bonds. The van der Waals surface area contributed by atoms with Gasteiger partial charge in [0.25, 0.3) is 5.91 Å². The molecule has 0 bridgehead atoms. The van der Waals surface area contributed by atoms with Crippen LogP contribution in [0.1, 0.15) is 29.8 Å². The third-order valence-corrected chi connectivity index (χ3v) is 3.06. The van der Waals surface area contributed by atoms with Crippen molar-refractivity contribution in [3.8, 4) is 0 Å². The molecule has 4 heteroatoms. The molecule has 0 heterocycles. The van der Waals surface area contributed by atoms with E-state index in [-0.39, 0.29) is 11.8 Å². The van der Waals surface area contributed by atoms with E-state index in [1.54, 1.807) is 24.3 Å². The summed E-state index contributed by atoms with van der Waals surface area (Å²) in [6.45, 7) is 3.52. The van der Waals surface area contributed by atoms with E-state index in [2.05, 4.69) is 17.6 Å². The zero-order valence-corrected chi connectivity index (χ0v) is 12.1. The van der Waals surface area contributed by atoms with Gasteiger partial charge < -0.3 is 10.6 Å². The molecule has 2 aromatic rings. The lowest BCUT2D eigenvalue weighted by molar-refractivity contribution is -0.114. The van der Waals surface area contributed by atoms with E-state index in [4.69, 9.17) is 0 Å². The van der Waals surface area contributed by atoms with Crippen molar-refractivity contribution in [1.29, 1.82) is 0 Å². The van der Waals surface area contributed by atoms with Crippen molar-refractivity contribution in [3.05, 3.63) is 59.7 Å². The van der Waals surface area contributed by atoms with E-state index in [0.717, 1.165) is 12.1 Å². The van der Waals surface area contributed by atoms with Gasteiger partial charge in [0.05, 0.1) is 0 Å². The normalized spacial score (nSPS) is 10.0. The van der Waals surface area contributed by atoms with Gasteiger partial charge in [0.2, 0.25) is 5.91 Å². The number of hydrogen-bond acceptors (Lipinski definition) is 2. The fraction of sp³-hybridized carbons (Fsp3) is 0.176. The highest BCUT2D eigenvalue weighted by Gasteiger charge is 2.06. The molecule has 21 heavy (non-hydrogen) atoms. The Labute approximate surface area is 124 Å². The van der Waals surface area contributed by atoms with Gasteiger partial charge in [-0.3, -0.25) is 9.59 Å². The Morgan fingerprint density at radius 1 is 0.952 bits per heavy atom. The summed E-state index contributed by atoms with van der Waals surface area (Å²) >= 11 is 0. The minimum Gasteiger partial charge on any atom is -0.326 e. The molecule has 4 nitrogen and oxygen atoms in total. The second-order valence-electron chi connectivity index (χ2n) is 4.77. The number of hydrogen-bond donors (Lipinski definition) is 2. The van der Waals surface area contributed by atoms with Gasteiger partial charge in [0, 0.05) is 23.9 Å². The molecule has 0 fully saturated rings. The largest absolute Gasteiger partial charge is 0.326 e. The van der Waals surface area contributed by atoms with Gasteiger partial charge in [0.1, 0.15) is 0 Å². The van der Waals surface area contributed by atoms with Gasteiger partial charge in [-0.1, -0.05) is 19.1 Å². The number of aryl methyl sites for hydroxylation is 1. The van der Waals surface area contributed by atoms with Crippen molar-refractivity contribution in [1.82, 2.24) is 0 Å². The third kappa shape index (κ3) is 4.18. The van der Waals surface area contributed by atoms with Crippen LogP contribution in [0, 0.1) is 0 Å². The summed E-state index contributed by atoms with van der Waals surface area (Å²) in [5.74, 6) is -0.304. The van der Waals surface area contributed by atoms with Crippen LogP contribution in [0.5, 0.6) is 0 Å². The van der Waals surface area contributed by atoms with Gasteiger partial charge in [0.15, 0.2) is 0 Å². The van der Waals surface area contributed by atoms with Crippen LogP contribution in [0.25, 0.3) is 0 Å². The predicted molar refractivity (Wildman–Crippen MR) is 84.5 cm³/mol. The van der Waals surface area contributed by atoms with E-state index in [1.807, 2.05) is 24.3 Å².